The summed E-state index contributed by atoms with van der Waals surface area (Å²) in [5.41, 5.74) is 5.34. The molecule has 0 unspecified atom stereocenters. The second-order valence-electron chi connectivity index (χ2n) is 5.15. The second kappa shape index (κ2) is 4.63. The highest BCUT2D eigenvalue weighted by atomic mass is 16.3. The van der Waals surface area contributed by atoms with E-state index in [9.17, 15) is 0 Å². The lowest BCUT2D eigenvalue weighted by atomic mass is 10.1. The van der Waals surface area contributed by atoms with Crippen LogP contribution in [0.5, 0.6) is 0 Å². The first-order chi connectivity index (χ1) is 10.3. The van der Waals surface area contributed by atoms with Crippen molar-refractivity contribution in [2.24, 2.45) is 0 Å². The normalized spacial score (nSPS) is 11.1. The number of furan rings is 1. The Kier molecular flexibility index (Phi) is 2.64. The first-order valence-corrected chi connectivity index (χ1v) is 6.89. The fourth-order valence-corrected chi connectivity index (χ4v) is 2.47. The molecule has 4 rings (SSSR count). The third-order valence-corrected chi connectivity index (χ3v) is 3.60. The van der Waals surface area contributed by atoms with Gasteiger partial charge in [-0.25, -0.2) is 4.98 Å². The topological polar surface area (TPSA) is 30.4 Å². The summed E-state index contributed by atoms with van der Waals surface area (Å²) in [6.07, 6.45) is 5.78. The van der Waals surface area contributed by atoms with Gasteiger partial charge >= 0.3 is 0 Å². The van der Waals surface area contributed by atoms with Crippen LogP contribution >= 0.6 is 0 Å². The molecule has 3 heteroatoms. The van der Waals surface area contributed by atoms with E-state index in [1.54, 1.807) is 6.26 Å². The van der Waals surface area contributed by atoms with Gasteiger partial charge in [0, 0.05) is 23.5 Å². The third kappa shape index (κ3) is 2.13. The summed E-state index contributed by atoms with van der Waals surface area (Å²) < 4.78 is 7.45. The zero-order valence-electron chi connectivity index (χ0n) is 11.7. The molecule has 0 atom stereocenters. The van der Waals surface area contributed by atoms with Gasteiger partial charge in [0.05, 0.1) is 12.0 Å². The Morgan fingerprint density at radius 3 is 2.57 bits per heavy atom. The van der Waals surface area contributed by atoms with Crippen molar-refractivity contribution in [3.05, 3.63) is 72.8 Å². The van der Waals surface area contributed by atoms with E-state index in [0.717, 1.165) is 28.2 Å². The van der Waals surface area contributed by atoms with Crippen molar-refractivity contribution in [2.45, 2.75) is 6.92 Å². The average molecular weight is 274 g/mol. The third-order valence-electron chi connectivity index (χ3n) is 3.60. The van der Waals surface area contributed by atoms with Crippen LogP contribution in [0.15, 0.2) is 71.6 Å². The molecule has 21 heavy (non-hydrogen) atoms. The van der Waals surface area contributed by atoms with Gasteiger partial charge in [-0.15, -0.1) is 0 Å². The van der Waals surface area contributed by atoms with E-state index in [1.165, 1.54) is 5.56 Å². The molecule has 0 radical (unpaired) electrons. The van der Waals surface area contributed by atoms with Gasteiger partial charge in [-0.1, -0.05) is 24.3 Å². The largest absolute Gasteiger partial charge is 0.464 e. The molecule has 0 bridgehead atoms. The summed E-state index contributed by atoms with van der Waals surface area (Å²) in [5.74, 6) is 0.882. The summed E-state index contributed by atoms with van der Waals surface area (Å²) in [6.45, 7) is 2.08. The minimum Gasteiger partial charge on any atom is -0.464 e. The van der Waals surface area contributed by atoms with Crippen LogP contribution in [0.2, 0.25) is 0 Å². The van der Waals surface area contributed by atoms with Crippen molar-refractivity contribution < 1.29 is 4.42 Å². The molecule has 0 N–H and O–H groups in total. The number of fused-ring (bicyclic) bond motifs is 1. The second-order valence-corrected chi connectivity index (χ2v) is 5.15. The Morgan fingerprint density at radius 1 is 1.00 bits per heavy atom. The number of hydrogen-bond acceptors (Lipinski definition) is 2. The maximum Gasteiger partial charge on any atom is 0.137 e. The summed E-state index contributed by atoms with van der Waals surface area (Å²) >= 11 is 0. The highest BCUT2D eigenvalue weighted by Gasteiger charge is 2.06. The van der Waals surface area contributed by atoms with E-state index in [-0.39, 0.29) is 0 Å². The number of pyridine rings is 1. The van der Waals surface area contributed by atoms with E-state index in [4.69, 9.17) is 4.42 Å². The van der Waals surface area contributed by atoms with E-state index in [1.807, 2.05) is 22.7 Å². The number of imidazole rings is 1. The first-order valence-electron chi connectivity index (χ1n) is 6.89. The highest BCUT2D eigenvalue weighted by molar-refractivity contribution is 5.67. The molecule has 0 fully saturated rings. The molecule has 0 saturated heterocycles. The van der Waals surface area contributed by atoms with Crippen LogP contribution in [0.3, 0.4) is 0 Å². The zero-order chi connectivity index (χ0) is 14.2. The minimum atomic E-state index is 0.882. The molecule has 0 spiro atoms. The summed E-state index contributed by atoms with van der Waals surface area (Å²) in [5, 5.41) is 0. The Balaban J connectivity index is 1.74. The first kappa shape index (κ1) is 12.0. The van der Waals surface area contributed by atoms with Crippen molar-refractivity contribution in [1.82, 2.24) is 9.38 Å². The zero-order valence-corrected chi connectivity index (χ0v) is 11.7. The van der Waals surface area contributed by atoms with Crippen LogP contribution in [-0.2, 0) is 0 Å². The maximum atomic E-state index is 5.41. The Labute approximate surface area is 122 Å². The van der Waals surface area contributed by atoms with E-state index >= 15 is 0 Å². The van der Waals surface area contributed by atoms with E-state index in [0.29, 0.717) is 0 Å². The molecule has 0 aliphatic carbocycles. The lowest BCUT2D eigenvalue weighted by Crippen LogP contribution is -1.81. The van der Waals surface area contributed by atoms with Crippen LogP contribution in [0.4, 0.5) is 0 Å². The van der Waals surface area contributed by atoms with Crippen LogP contribution < -0.4 is 0 Å². The number of aromatic nitrogens is 2. The molecular weight excluding hydrogens is 260 g/mol. The van der Waals surface area contributed by atoms with Crippen molar-refractivity contribution in [2.75, 3.05) is 0 Å². The number of hydrogen-bond donors (Lipinski definition) is 0. The number of nitrogens with zero attached hydrogens (tertiary/aromatic N) is 2. The summed E-state index contributed by atoms with van der Waals surface area (Å²) in [6, 6.07) is 16.3. The molecular formula is C18H14N2O. The Morgan fingerprint density at radius 2 is 1.81 bits per heavy atom. The standard InChI is InChI=1S/C18H14N2O/c1-13-8-9-20-12-16(19-18(20)11-13)14-4-6-15(7-5-14)17-3-2-10-21-17/h2-12H,1H3. The fraction of sp³-hybridized carbons (Fsp3) is 0.0556. The Hall–Kier alpha value is -2.81. The predicted molar refractivity (Wildman–Crippen MR) is 83.1 cm³/mol. The van der Waals surface area contributed by atoms with Gasteiger partial charge < -0.3 is 8.82 Å². The van der Waals surface area contributed by atoms with Gasteiger partial charge in [-0.2, -0.15) is 0 Å². The van der Waals surface area contributed by atoms with Gasteiger partial charge in [-0.05, 0) is 36.8 Å². The summed E-state index contributed by atoms with van der Waals surface area (Å²) in [4.78, 5) is 4.68. The van der Waals surface area contributed by atoms with Crippen LogP contribution in [0.1, 0.15) is 5.56 Å². The smallest absolute Gasteiger partial charge is 0.137 e. The molecule has 1 aromatic carbocycles. The van der Waals surface area contributed by atoms with Crippen molar-refractivity contribution in [1.29, 1.82) is 0 Å². The lowest BCUT2D eigenvalue weighted by molar-refractivity contribution is 0.582. The number of rotatable bonds is 2. The molecule has 3 heterocycles. The number of benzene rings is 1. The fourth-order valence-electron chi connectivity index (χ4n) is 2.47. The predicted octanol–water partition coefficient (Wildman–Crippen LogP) is 4.57. The minimum absolute atomic E-state index is 0.882. The summed E-state index contributed by atoms with van der Waals surface area (Å²) in [7, 11) is 0. The SMILES string of the molecule is Cc1ccn2cc(-c3ccc(-c4ccco4)cc3)nc2c1. The lowest BCUT2D eigenvalue weighted by Gasteiger charge is -1.99. The van der Waals surface area contributed by atoms with E-state index in [2.05, 4.69) is 54.5 Å². The van der Waals surface area contributed by atoms with E-state index < -0.39 is 0 Å². The quantitative estimate of drug-likeness (QED) is 0.536. The molecule has 102 valence electrons. The molecule has 0 aliphatic rings. The van der Waals surface area contributed by atoms with Crippen LogP contribution in [-0.4, -0.2) is 9.38 Å². The molecule has 0 amide bonds. The molecule has 3 nitrogen and oxygen atoms in total. The average Bonchev–Trinajstić information content (AvgIpc) is 3.16. The molecule has 3 aromatic heterocycles. The van der Waals surface area contributed by atoms with Crippen LogP contribution in [0.25, 0.3) is 28.2 Å². The van der Waals surface area contributed by atoms with Crippen molar-refractivity contribution in [3.8, 4) is 22.6 Å². The van der Waals surface area contributed by atoms with Gasteiger partial charge in [0.1, 0.15) is 11.4 Å². The van der Waals surface area contributed by atoms with Gasteiger partial charge in [0.2, 0.25) is 0 Å². The number of aryl methyl sites for hydroxylation is 1. The molecule has 0 aliphatic heterocycles. The van der Waals surface area contributed by atoms with Gasteiger partial charge in [0.25, 0.3) is 0 Å². The highest BCUT2D eigenvalue weighted by Crippen LogP contribution is 2.25. The monoisotopic (exact) mass is 274 g/mol. The van der Waals surface area contributed by atoms with Gasteiger partial charge in [0.15, 0.2) is 0 Å². The van der Waals surface area contributed by atoms with Crippen LogP contribution in [0, 0.1) is 6.92 Å². The van der Waals surface area contributed by atoms with Crippen molar-refractivity contribution >= 4 is 5.65 Å². The van der Waals surface area contributed by atoms with Crippen molar-refractivity contribution in [3.63, 3.8) is 0 Å². The maximum absolute atomic E-state index is 5.41. The Bertz CT molecular complexity index is 887. The van der Waals surface area contributed by atoms with Gasteiger partial charge in [-0.3, -0.25) is 0 Å². The molecule has 4 aromatic rings. The molecule has 0 saturated carbocycles.